The molecule has 2 aromatic carbocycles. The van der Waals surface area contributed by atoms with Crippen molar-refractivity contribution in [2.75, 3.05) is 11.6 Å². The zero-order valence-corrected chi connectivity index (χ0v) is 21.8. The Balaban J connectivity index is 1.41. The van der Waals surface area contributed by atoms with Gasteiger partial charge < -0.3 is 4.90 Å². The quantitative estimate of drug-likeness (QED) is 0.474. The standard InChI is InChI=1S/C28H30ClN3O2S/c1-27(2,3)20-8-6-19(7-9-20)17-31-18-24-25(33)32(22-12-10-21(29)11-13-22)30-28(24,26(31)34)15-14-23-5-4-16-35-23/h4-13,16,24,30H,14-15,17-18H2,1-3H3. The Bertz CT molecular complexity index is 1220. The number of hydrogen-bond donors (Lipinski definition) is 1. The van der Waals surface area contributed by atoms with Gasteiger partial charge in [-0.1, -0.05) is 62.7 Å². The molecule has 1 aromatic heterocycles. The molecule has 2 atom stereocenters. The number of fused-ring (bicyclic) bond motifs is 1. The molecule has 3 heterocycles. The van der Waals surface area contributed by atoms with Crippen LogP contribution >= 0.6 is 22.9 Å². The number of thiophene rings is 1. The Morgan fingerprint density at radius 3 is 2.40 bits per heavy atom. The lowest BCUT2D eigenvalue weighted by molar-refractivity contribution is -0.134. The smallest absolute Gasteiger partial charge is 0.248 e. The van der Waals surface area contributed by atoms with Crippen molar-refractivity contribution in [3.05, 3.63) is 87.1 Å². The van der Waals surface area contributed by atoms with Crippen LogP contribution in [0.25, 0.3) is 0 Å². The van der Waals surface area contributed by atoms with Crippen LogP contribution < -0.4 is 10.4 Å². The van der Waals surface area contributed by atoms with E-state index < -0.39 is 11.5 Å². The average molecular weight is 508 g/mol. The van der Waals surface area contributed by atoms with Gasteiger partial charge in [0.1, 0.15) is 5.54 Å². The first-order valence-electron chi connectivity index (χ1n) is 12.0. The van der Waals surface area contributed by atoms with Gasteiger partial charge in [0.05, 0.1) is 11.6 Å². The molecule has 5 nitrogen and oxygen atoms in total. The highest BCUT2D eigenvalue weighted by molar-refractivity contribution is 7.09. The van der Waals surface area contributed by atoms with E-state index in [-0.39, 0.29) is 17.2 Å². The Morgan fingerprint density at radius 1 is 1.06 bits per heavy atom. The van der Waals surface area contributed by atoms with Gasteiger partial charge in [-0.2, -0.15) is 0 Å². The molecule has 2 aliphatic rings. The van der Waals surface area contributed by atoms with Crippen LogP contribution in [-0.4, -0.2) is 28.8 Å². The van der Waals surface area contributed by atoms with E-state index in [1.54, 1.807) is 40.6 Å². The molecule has 0 bridgehead atoms. The summed E-state index contributed by atoms with van der Waals surface area (Å²) in [5, 5.41) is 4.19. The third kappa shape index (κ3) is 4.51. The summed E-state index contributed by atoms with van der Waals surface area (Å²) in [5.41, 5.74) is 5.51. The van der Waals surface area contributed by atoms with Gasteiger partial charge in [-0.3, -0.25) is 9.59 Å². The molecule has 35 heavy (non-hydrogen) atoms. The fourth-order valence-electron chi connectivity index (χ4n) is 5.08. The molecule has 2 unspecified atom stereocenters. The number of nitrogens with zero attached hydrogens (tertiary/aromatic N) is 2. The molecular formula is C28H30ClN3O2S. The number of aryl methyl sites for hydroxylation is 1. The summed E-state index contributed by atoms with van der Waals surface area (Å²) < 4.78 is 0. The van der Waals surface area contributed by atoms with Crippen molar-refractivity contribution >= 4 is 40.4 Å². The van der Waals surface area contributed by atoms with Crippen LogP contribution in [0.15, 0.2) is 66.0 Å². The zero-order valence-electron chi connectivity index (χ0n) is 20.3. The summed E-state index contributed by atoms with van der Waals surface area (Å²) >= 11 is 7.73. The topological polar surface area (TPSA) is 52.7 Å². The van der Waals surface area contributed by atoms with Gasteiger partial charge in [0, 0.05) is 23.0 Å². The van der Waals surface area contributed by atoms with Crippen molar-refractivity contribution < 1.29 is 9.59 Å². The lowest BCUT2D eigenvalue weighted by atomic mass is 9.84. The largest absolute Gasteiger partial charge is 0.336 e. The predicted molar refractivity (Wildman–Crippen MR) is 141 cm³/mol. The molecule has 2 fully saturated rings. The monoisotopic (exact) mass is 507 g/mol. The first-order chi connectivity index (χ1) is 16.7. The van der Waals surface area contributed by atoms with Crippen molar-refractivity contribution in [3.8, 4) is 0 Å². The van der Waals surface area contributed by atoms with Crippen molar-refractivity contribution in [1.29, 1.82) is 0 Å². The van der Waals surface area contributed by atoms with Crippen LogP contribution in [0.1, 0.15) is 43.2 Å². The second-order valence-corrected chi connectivity index (χ2v) is 12.0. The number of carbonyl (C=O) groups is 2. The number of benzene rings is 2. The van der Waals surface area contributed by atoms with Crippen LogP contribution in [0, 0.1) is 5.92 Å². The Labute approximate surface area is 215 Å². The molecule has 182 valence electrons. The van der Waals surface area contributed by atoms with E-state index in [4.69, 9.17) is 11.6 Å². The molecule has 5 rings (SSSR count). The molecule has 0 spiro atoms. The molecule has 2 amide bonds. The molecule has 1 N–H and O–H groups in total. The van der Waals surface area contributed by atoms with E-state index in [2.05, 4.69) is 56.5 Å². The van der Waals surface area contributed by atoms with Crippen LogP contribution in [-0.2, 0) is 28.0 Å². The van der Waals surface area contributed by atoms with Gasteiger partial charge in [0.2, 0.25) is 11.8 Å². The van der Waals surface area contributed by atoms with Gasteiger partial charge in [0.15, 0.2) is 0 Å². The third-order valence-electron chi connectivity index (χ3n) is 7.12. The zero-order chi connectivity index (χ0) is 24.8. The number of rotatable bonds is 6. The van der Waals surface area contributed by atoms with E-state index in [1.165, 1.54) is 10.4 Å². The minimum Gasteiger partial charge on any atom is -0.336 e. The number of halogens is 1. The van der Waals surface area contributed by atoms with E-state index in [0.29, 0.717) is 30.2 Å². The highest BCUT2D eigenvalue weighted by atomic mass is 35.5. The number of anilines is 1. The highest BCUT2D eigenvalue weighted by Crippen LogP contribution is 2.41. The molecule has 3 aromatic rings. The maximum Gasteiger partial charge on any atom is 0.248 e. The van der Waals surface area contributed by atoms with Gasteiger partial charge in [-0.15, -0.1) is 11.3 Å². The van der Waals surface area contributed by atoms with E-state index in [9.17, 15) is 9.59 Å². The lowest BCUT2D eigenvalue weighted by Gasteiger charge is -2.29. The summed E-state index contributed by atoms with van der Waals surface area (Å²) in [4.78, 5) is 30.6. The third-order valence-corrected chi connectivity index (χ3v) is 8.31. The van der Waals surface area contributed by atoms with E-state index in [1.807, 2.05) is 16.3 Å². The Morgan fingerprint density at radius 2 is 1.77 bits per heavy atom. The second kappa shape index (κ2) is 9.08. The number of amides is 2. The van der Waals surface area contributed by atoms with E-state index >= 15 is 0 Å². The first kappa shape index (κ1) is 24.0. The fourth-order valence-corrected chi connectivity index (χ4v) is 5.91. The second-order valence-electron chi connectivity index (χ2n) is 10.5. The minimum absolute atomic E-state index is 0.0104. The predicted octanol–water partition coefficient (Wildman–Crippen LogP) is 5.58. The number of likely N-dealkylation sites (tertiary alicyclic amines) is 1. The SMILES string of the molecule is CC(C)(C)c1ccc(CN2CC3C(=O)N(c4ccc(Cl)cc4)NC3(CCc3cccs3)C2=O)cc1. The summed E-state index contributed by atoms with van der Waals surface area (Å²) in [6.07, 6.45) is 1.30. The van der Waals surface area contributed by atoms with Gasteiger partial charge in [-0.05, 0) is 65.1 Å². The number of carbonyl (C=O) groups excluding carboxylic acids is 2. The maximum atomic E-state index is 13.9. The molecule has 7 heteroatoms. The van der Waals surface area contributed by atoms with Crippen molar-refractivity contribution in [2.45, 2.75) is 51.1 Å². The Hall–Kier alpha value is -2.67. The van der Waals surface area contributed by atoms with Crippen LogP contribution in [0.3, 0.4) is 0 Å². The maximum absolute atomic E-state index is 13.9. The molecule has 2 aliphatic heterocycles. The Kier molecular flexibility index (Phi) is 6.24. The average Bonchev–Trinajstić information content (AvgIpc) is 3.51. The number of hydrazine groups is 1. The van der Waals surface area contributed by atoms with Crippen molar-refractivity contribution in [2.24, 2.45) is 5.92 Å². The van der Waals surface area contributed by atoms with E-state index in [0.717, 1.165) is 12.0 Å². The van der Waals surface area contributed by atoms with Gasteiger partial charge in [-0.25, -0.2) is 10.4 Å². The molecule has 0 aliphatic carbocycles. The van der Waals surface area contributed by atoms with Crippen LogP contribution in [0.4, 0.5) is 5.69 Å². The van der Waals surface area contributed by atoms with Crippen molar-refractivity contribution in [3.63, 3.8) is 0 Å². The summed E-state index contributed by atoms with van der Waals surface area (Å²) in [6, 6.07) is 19.7. The van der Waals surface area contributed by atoms with Crippen LogP contribution in [0.5, 0.6) is 0 Å². The number of hydrogen-bond acceptors (Lipinski definition) is 4. The van der Waals surface area contributed by atoms with Gasteiger partial charge in [0.25, 0.3) is 0 Å². The summed E-state index contributed by atoms with van der Waals surface area (Å²) in [7, 11) is 0. The lowest BCUT2D eigenvalue weighted by Crippen LogP contribution is -2.54. The summed E-state index contributed by atoms with van der Waals surface area (Å²) in [5.74, 6) is -0.527. The van der Waals surface area contributed by atoms with Gasteiger partial charge >= 0.3 is 0 Å². The minimum atomic E-state index is -0.952. The van der Waals surface area contributed by atoms with Crippen molar-refractivity contribution in [1.82, 2.24) is 10.3 Å². The molecule has 0 radical (unpaired) electrons. The molecule has 0 saturated carbocycles. The highest BCUT2D eigenvalue weighted by Gasteiger charge is 2.63. The van der Waals surface area contributed by atoms with Crippen LogP contribution in [0.2, 0.25) is 5.02 Å². The summed E-state index contributed by atoms with van der Waals surface area (Å²) in [6.45, 7) is 7.47. The fraction of sp³-hybridized carbons (Fsp3) is 0.357. The molecular weight excluding hydrogens is 478 g/mol. The normalized spacial score (nSPS) is 22.2. The number of nitrogens with one attached hydrogen (secondary N) is 1. The molecule has 2 saturated heterocycles. The first-order valence-corrected chi connectivity index (χ1v) is 13.2.